The Morgan fingerprint density at radius 2 is 0.710 bits per heavy atom. The van der Waals surface area contributed by atoms with Gasteiger partial charge >= 0.3 is 5.97 Å². The maximum absolute atomic E-state index is 11.7. The number of amides is 1. The van der Waals surface area contributed by atoms with Crippen molar-refractivity contribution in [3.63, 3.8) is 0 Å². The number of alkyl halides is 1. The number of hydrogen-bond acceptors (Lipinski definition) is 4. The molecule has 0 fully saturated rings. The number of aliphatic hydroxyl groups excluding tert-OH is 1. The number of allylic oxidation sites excluding steroid dienone is 1. The van der Waals surface area contributed by atoms with E-state index in [2.05, 4.69) is 40.1 Å². The molecule has 0 spiro atoms. The number of carbonyl (C=O) groups excluding carboxylic acids is 1. The predicted octanol–water partition coefficient (Wildman–Crippen LogP) is 22.7. The summed E-state index contributed by atoms with van der Waals surface area (Å²) in [6.45, 7) is 6.13. The number of carboxylic acids is 1. The predicted molar refractivity (Wildman–Crippen MR) is 396 cm³/mol. The molecule has 1 amide bonds. The van der Waals surface area contributed by atoms with Gasteiger partial charge in [-0.25, -0.2) is 4.79 Å². The van der Waals surface area contributed by atoms with E-state index in [0.29, 0.717) is 50.2 Å². The zero-order valence-electron chi connectivity index (χ0n) is 50.7. The van der Waals surface area contributed by atoms with Gasteiger partial charge in [-0.2, -0.15) is 0 Å². The average molecular weight is 1350 g/mol. The fraction of sp³-hybridized carbons (Fsp3) is 0.0633. The molecule has 0 heterocycles. The number of carboxylic acid groups (broad SMARTS) is 1. The Bertz CT molecular complexity index is 4050. The van der Waals surface area contributed by atoms with E-state index in [1.165, 1.54) is 0 Å². The molecule has 0 bridgehead atoms. The lowest BCUT2D eigenvalue weighted by atomic mass is 10.0. The number of azide groups is 1. The molecule has 0 unspecified atom stereocenters. The Morgan fingerprint density at radius 1 is 0.430 bits per heavy atom. The second-order valence-corrected chi connectivity index (χ2v) is 22.7. The van der Waals surface area contributed by atoms with Crippen molar-refractivity contribution in [3.8, 4) is 0 Å². The van der Waals surface area contributed by atoms with Gasteiger partial charge < -0.3 is 15.5 Å². The Hall–Kier alpha value is -9.41. The van der Waals surface area contributed by atoms with Gasteiger partial charge in [-0.15, -0.1) is 11.6 Å². The van der Waals surface area contributed by atoms with Crippen molar-refractivity contribution in [1.29, 1.82) is 0 Å². The Labute approximate surface area is 574 Å². The molecule has 0 aliphatic rings. The van der Waals surface area contributed by atoms with E-state index in [9.17, 15) is 19.8 Å². The number of hydrogen-bond donors (Lipinski definition) is 3. The van der Waals surface area contributed by atoms with Gasteiger partial charge in [-0.1, -0.05) is 288 Å². The van der Waals surface area contributed by atoms with E-state index < -0.39 is 5.97 Å². The molecule has 10 aromatic carbocycles. The second-order valence-electron chi connectivity index (χ2n) is 20.3. The first kappa shape index (κ1) is 72.7. The molecule has 10 rings (SSSR count). The van der Waals surface area contributed by atoms with Crippen molar-refractivity contribution in [1.82, 2.24) is 5.32 Å². The summed E-state index contributed by atoms with van der Waals surface area (Å²) < 4.78 is 0. The minimum atomic E-state index is -0.948. The highest BCUT2D eigenvalue weighted by Gasteiger charge is 2.11. The van der Waals surface area contributed by atoms with E-state index in [4.69, 9.17) is 75.1 Å². The van der Waals surface area contributed by atoms with Crippen LogP contribution in [0.5, 0.6) is 0 Å². The third-order valence-corrected chi connectivity index (χ3v) is 14.9. The summed E-state index contributed by atoms with van der Waals surface area (Å²) in [6, 6.07) is 86.3. The number of nitrogens with zero attached hydrogens (tertiary/aromatic N) is 3. The lowest BCUT2D eigenvalue weighted by Crippen LogP contribution is -2.25. The van der Waals surface area contributed by atoms with Crippen LogP contribution in [0.1, 0.15) is 62.6 Å². The summed E-state index contributed by atoms with van der Waals surface area (Å²) in [5, 5.41) is 28.7. The van der Waals surface area contributed by atoms with Gasteiger partial charge in [-0.3, -0.25) is 4.79 Å². The molecule has 468 valence electrons. The van der Waals surface area contributed by atoms with Gasteiger partial charge in [0.05, 0.1) is 18.7 Å². The van der Waals surface area contributed by atoms with Crippen LogP contribution in [0.15, 0.2) is 290 Å². The summed E-state index contributed by atoms with van der Waals surface area (Å²) in [6.07, 6.45) is 9.73. The number of aliphatic carboxylic acids is 1. The average Bonchev–Trinajstić information content (AvgIpc) is 1.96. The topological polar surface area (TPSA) is 135 Å². The zero-order valence-corrected chi connectivity index (χ0v) is 55.3. The number of carbonyl (C=O) groups is 2. The number of rotatable bonds is 18. The van der Waals surface area contributed by atoms with E-state index in [1.807, 2.05) is 243 Å². The van der Waals surface area contributed by atoms with Crippen LogP contribution >= 0.6 is 69.6 Å². The largest absolute Gasteiger partial charge is 0.478 e. The highest BCUT2D eigenvalue weighted by atomic mass is 35.5. The Kier molecular flexibility index (Phi) is 31.6. The third-order valence-electron chi connectivity index (χ3n) is 13.4. The van der Waals surface area contributed by atoms with Crippen LogP contribution < -0.4 is 5.32 Å². The quantitative estimate of drug-likeness (QED) is 0.0197. The van der Waals surface area contributed by atoms with Crippen LogP contribution in [0.4, 0.5) is 0 Å². The van der Waals surface area contributed by atoms with Crippen LogP contribution in [0.25, 0.3) is 68.7 Å². The molecule has 0 atom stereocenters. The molecule has 14 heteroatoms. The van der Waals surface area contributed by atoms with Crippen LogP contribution in [-0.2, 0) is 9.59 Å². The molecule has 3 N–H and O–H groups in total. The molecular formula is C79H66Cl6N4O4. The van der Waals surface area contributed by atoms with Crippen molar-refractivity contribution < 1.29 is 19.8 Å². The smallest absolute Gasteiger partial charge is 0.336 e. The number of aliphatic hydroxyl groups is 1. The molecule has 0 aliphatic heterocycles. The monoisotopic (exact) mass is 1340 g/mol. The van der Waals surface area contributed by atoms with Crippen molar-refractivity contribution in [2.75, 3.05) is 25.6 Å². The van der Waals surface area contributed by atoms with Gasteiger partial charge in [0.25, 0.3) is 0 Å². The minimum Gasteiger partial charge on any atom is -0.478 e. The van der Waals surface area contributed by atoms with Crippen molar-refractivity contribution in [2.45, 2.75) is 6.92 Å². The van der Waals surface area contributed by atoms with Crippen LogP contribution in [0.3, 0.4) is 0 Å². The minimum absolute atomic E-state index is 0.0205. The highest BCUT2D eigenvalue weighted by Crippen LogP contribution is 2.25. The molecule has 0 aliphatic carbocycles. The molecule has 0 saturated carbocycles. The molecule has 8 nitrogen and oxygen atoms in total. The van der Waals surface area contributed by atoms with Gasteiger partial charge in [0.2, 0.25) is 5.91 Å². The summed E-state index contributed by atoms with van der Waals surface area (Å²) in [5.74, 6) is -0.596. The van der Waals surface area contributed by atoms with Gasteiger partial charge in [-0.05, 0) is 175 Å². The summed E-state index contributed by atoms with van der Waals surface area (Å²) in [5.41, 5.74) is 23.2. The first-order chi connectivity index (χ1) is 45.1. The van der Waals surface area contributed by atoms with Crippen LogP contribution in [-0.4, -0.2) is 47.7 Å². The SMILES string of the molecule is C=C(C)C(=O)NC/C(=C/c1ccc(Cl)cc1)c1ccccc1.ClC/C(=C/c1ccc(Cl)cc1)c1ccccc1.O=C(O)/C(=C/c1ccc(Cl)cc1)c1ccccc1.OC/C(=C/c1ccc(Cl)cc1)c1ccccc1.[N-]=[N+]=NC/C(=C/c1ccc(Cl)cc1)c1ccccc1. The van der Waals surface area contributed by atoms with Crippen molar-refractivity contribution in [3.05, 3.63) is 376 Å². The first-order valence-corrected chi connectivity index (χ1v) is 31.5. The maximum atomic E-state index is 11.7. The second kappa shape index (κ2) is 40.4. The van der Waals surface area contributed by atoms with E-state index in [1.54, 1.807) is 49.4 Å². The Balaban J connectivity index is 0.000000185. The Morgan fingerprint density at radius 3 is 1.02 bits per heavy atom. The maximum Gasteiger partial charge on any atom is 0.336 e. The summed E-state index contributed by atoms with van der Waals surface area (Å²) >= 11 is 35.2. The summed E-state index contributed by atoms with van der Waals surface area (Å²) in [7, 11) is 0. The number of halogens is 6. The normalized spacial score (nSPS) is 11.2. The van der Waals surface area contributed by atoms with Crippen LogP contribution in [0.2, 0.25) is 25.1 Å². The lowest BCUT2D eigenvalue weighted by molar-refractivity contribution is -0.130. The van der Waals surface area contributed by atoms with Gasteiger partial charge in [0.1, 0.15) is 0 Å². The molecule has 93 heavy (non-hydrogen) atoms. The molecule has 10 aromatic rings. The molecule has 0 radical (unpaired) electrons. The van der Waals surface area contributed by atoms with E-state index in [0.717, 1.165) is 77.4 Å². The lowest BCUT2D eigenvalue weighted by Gasteiger charge is -2.10. The van der Waals surface area contributed by atoms with Crippen molar-refractivity contribution >= 4 is 140 Å². The molecule has 0 aromatic heterocycles. The zero-order chi connectivity index (χ0) is 66.6. The number of benzene rings is 10. The number of nitrogens with one attached hydrogen (secondary N) is 1. The first-order valence-electron chi connectivity index (χ1n) is 29.0. The molecular weight excluding hydrogens is 1280 g/mol. The van der Waals surface area contributed by atoms with E-state index >= 15 is 0 Å². The van der Waals surface area contributed by atoms with Gasteiger partial charge in [0.15, 0.2) is 0 Å². The van der Waals surface area contributed by atoms with Gasteiger partial charge in [0, 0.05) is 48.0 Å². The molecule has 0 saturated heterocycles. The van der Waals surface area contributed by atoms with Crippen molar-refractivity contribution in [2.24, 2.45) is 5.11 Å². The summed E-state index contributed by atoms with van der Waals surface area (Å²) in [4.78, 5) is 25.8. The third kappa shape index (κ3) is 26.8. The fourth-order valence-electron chi connectivity index (χ4n) is 8.57. The highest BCUT2D eigenvalue weighted by molar-refractivity contribution is 6.32. The fourth-order valence-corrected chi connectivity index (χ4v) is 9.43. The standard InChI is InChI=1S/C19H18ClNO.C15H12Cl2.C15H12ClN3.C15H11ClO2.C15H13ClO/c1-14(2)19(22)21-13-17(16-6-4-3-5-7-16)12-15-8-10-18(20)11-9-15;16-11-14(13-4-2-1-3-5-13)10-12-6-8-15(17)9-7-12;16-15-8-6-12(7-9-15)10-14(11-18-19-17)13-4-2-1-3-5-13;16-13-8-6-11(7-9-13)10-14(15(17)18)12-4-2-1-3-5-12;16-15-8-6-12(7-9-15)10-14(11-17)13-4-2-1-3-5-13/h3-12H,1,13H2,2H3,(H,21,22);1-10H,11H2;1-10H,11H2;1-10H,(H,17,18);1-10,17H,11H2/b17-12-;2*14-10-;14-10+;14-10-. The van der Waals surface area contributed by atoms with E-state index in [-0.39, 0.29) is 18.1 Å². The van der Waals surface area contributed by atoms with Crippen LogP contribution in [0, 0.1) is 0 Å².